The van der Waals surface area contributed by atoms with Crippen LogP contribution in [0.1, 0.15) is 10.7 Å². The molecule has 2 aromatic rings. The van der Waals surface area contributed by atoms with Gasteiger partial charge in [-0.15, -0.1) is 11.3 Å². The Morgan fingerprint density at radius 1 is 1.35 bits per heavy atom. The zero-order valence-electron chi connectivity index (χ0n) is 8.98. The van der Waals surface area contributed by atoms with Crippen molar-refractivity contribution in [3.05, 3.63) is 40.8 Å². The maximum Gasteiger partial charge on any atom is 0.159 e. The summed E-state index contributed by atoms with van der Waals surface area (Å²) in [5.41, 5.74) is 6.64. The first-order chi connectivity index (χ1) is 8.24. The van der Waals surface area contributed by atoms with Crippen molar-refractivity contribution in [2.45, 2.75) is 6.42 Å². The molecule has 17 heavy (non-hydrogen) atoms. The van der Waals surface area contributed by atoms with Crippen LogP contribution in [0.15, 0.2) is 24.3 Å². The van der Waals surface area contributed by atoms with E-state index in [9.17, 15) is 4.39 Å². The summed E-state index contributed by atoms with van der Waals surface area (Å²) >= 11 is 1.43. The minimum atomic E-state index is -0.293. The van der Waals surface area contributed by atoms with E-state index in [1.165, 1.54) is 23.5 Å². The van der Waals surface area contributed by atoms with Crippen molar-refractivity contribution in [3.63, 3.8) is 0 Å². The SMILES string of the molecule is N#Cc1nc(CCN)sc1-c1ccc(F)cc1. The van der Waals surface area contributed by atoms with Crippen LogP contribution in [-0.2, 0) is 6.42 Å². The molecule has 0 aliphatic rings. The zero-order chi connectivity index (χ0) is 12.3. The lowest BCUT2D eigenvalue weighted by Gasteiger charge is -1.96. The number of aromatic nitrogens is 1. The molecule has 0 spiro atoms. The lowest BCUT2D eigenvalue weighted by molar-refractivity contribution is 0.628. The van der Waals surface area contributed by atoms with Gasteiger partial charge in [-0.25, -0.2) is 9.37 Å². The highest BCUT2D eigenvalue weighted by Gasteiger charge is 2.12. The fourth-order valence-electron chi connectivity index (χ4n) is 1.47. The Kier molecular flexibility index (Phi) is 3.47. The number of thiazole rings is 1. The Hall–Kier alpha value is -1.77. The van der Waals surface area contributed by atoms with E-state index in [4.69, 9.17) is 11.0 Å². The largest absolute Gasteiger partial charge is 0.330 e. The third kappa shape index (κ3) is 2.49. The van der Waals surface area contributed by atoms with Crippen LogP contribution < -0.4 is 5.73 Å². The fourth-order valence-corrected chi connectivity index (χ4v) is 2.50. The van der Waals surface area contributed by atoms with E-state index in [2.05, 4.69) is 11.1 Å². The molecule has 86 valence electrons. The highest BCUT2D eigenvalue weighted by atomic mass is 32.1. The molecule has 2 N–H and O–H groups in total. The Morgan fingerprint density at radius 3 is 2.65 bits per heavy atom. The molecule has 0 unspecified atom stereocenters. The smallest absolute Gasteiger partial charge is 0.159 e. The number of rotatable bonds is 3. The quantitative estimate of drug-likeness (QED) is 0.905. The molecule has 2 rings (SSSR count). The Morgan fingerprint density at radius 2 is 2.06 bits per heavy atom. The van der Waals surface area contributed by atoms with Gasteiger partial charge in [0.15, 0.2) is 5.69 Å². The first-order valence-electron chi connectivity index (χ1n) is 5.10. The van der Waals surface area contributed by atoms with Crippen LogP contribution in [0.4, 0.5) is 4.39 Å². The van der Waals surface area contributed by atoms with Crippen LogP contribution in [0.2, 0.25) is 0 Å². The molecule has 0 saturated carbocycles. The molecule has 3 nitrogen and oxygen atoms in total. The minimum Gasteiger partial charge on any atom is -0.330 e. The molecule has 0 fully saturated rings. The molecule has 5 heteroatoms. The Labute approximate surface area is 102 Å². The Balaban J connectivity index is 2.44. The third-order valence-electron chi connectivity index (χ3n) is 2.24. The van der Waals surface area contributed by atoms with E-state index in [0.717, 1.165) is 15.4 Å². The van der Waals surface area contributed by atoms with Crippen LogP contribution in [0, 0.1) is 17.1 Å². The summed E-state index contributed by atoms with van der Waals surface area (Å²) in [6.45, 7) is 0.501. The van der Waals surface area contributed by atoms with E-state index < -0.39 is 0 Å². The molecule has 0 amide bonds. The lowest BCUT2D eigenvalue weighted by Crippen LogP contribution is -2.01. The normalized spacial score (nSPS) is 10.2. The van der Waals surface area contributed by atoms with Gasteiger partial charge in [-0.05, 0) is 24.2 Å². The predicted molar refractivity (Wildman–Crippen MR) is 65.0 cm³/mol. The fraction of sp³-hybridized carbons (Fsp3) is 0.167. The molecule has 1 heterocycles. The second-order valence-corrected chi connectivity index (χ2v) is 4.53. The summed E-state index contributed by atoms with van der Waals surface area (Å²) < 4.78 is 12.8. The second-order valence-electron chi connectivity index (χ2n) is 3.44. The van der Waals surface area contributed by atoms with E-state index in [1.807, 2.05) is 0 Å². The van der Waals surface area contributed by atoms with Crippen molar-refractivity contribution in [2.75, 3.05) is 6.54 Å². The van der Waals surface area contributed by atoms with Crippen LogP contribution >= 0.6 is 11.3 Å². The maximum atomic E-state index is 12.8. The van der Waals surface area contributed by atoms with Gasteiger partial charge >= 0.3 is 0 Å². The lowest BCUT2D eigenvalue weighted by atomic mass is 10.1. The minimum absolute atomic E-state index is 0.293. The summed E-state index contributed by atoms with van der Waals surface area (Å²) in [6.07, 6.45) is 0.653. The monoisotopic (exact) mass is 247 g/mol. The summed E-state index contributed by atoms with van der Waals surface area (Å²) in [4.78, 5) is 4.97. The number of halogens is 1. The summed E-state index contributed by atoms with van der Waals surface area (Å²) in [5, 5.41) is 9.84. The van der Waals surface area contributed by atoms with Gasteiger partial charge in [0.25, 0.3) is 0 Å². The van der Waals surface area contributed by atoms with Crippen molar-refractivity contribution in [1.29, 1.82) is 5.26 Å². The van der Waals surface area contributed by atoms with Crippen LogP contribution in [0.25, 0.3) is 10.4 Å². The van der Waals surface area contributed by atoms with Gasteiger partial charge in [0.1, 0.15) is 11.9 Å². The molecule has 0 aliphatic heterocycles. The number of nitrogens with two attached hydrogens (primary N) is 1. The summed E-state index contributed by atoms with van der Waals surface area (Å²) in [7, 11) is 0. The van der Waals surface area contributed by atoms with Gasteiger partial charge in [-0.3, -0.25) is 0 Å². The molecule has 1 aromatic heterocycles. The standard InChI is InChI=1S/C12H10FN3S/c13-9-3-1-8(2-4-9)12-10(7-15)16-11(17-12)5-6-14/h1-4H,5-6,14H2. The van der Waals surface area contributed by atoms with Crippen LogP contribution in [0.3, 0.4) is 0 Å². The van der Waals surface area contributed by atoms with Crippen molar-refractivity contribution in [2.24, 2.45) is 5.73 Å². The molecule has 0 aliphatic carbocycles. The van der Waals surface area contributed by atoms with Crippen molar-refractivity contribution < 1.29 is 4.39 Å². The van der Waals surface area contributed by atoms with Gasteiger partial charge in [0.05, 0.1) is 9.88 Å². The third-order valence-corrected chi connectivity index (χ3v) is 3.41. The first kappa shape index (κ1) is 11.7. The maximum absolute atomic E-state index is 12.8. The molecule has 1 aromatic carbocycles. The van der Waals surface area contributed by atoms with E-state index >= 15 is 0 Å². The number of nitriles is 1. The number of hydrogen-bond donors (Lipinski definition) is 1. The summed E-state index contributed by atoms with van der Waals surface area (Å²) in [5.74, 6) is -0.293. The van der Waals surface area contributed by atoms with Gasteiger partial charge in [0.2, 0.25) is 0 Å². The molecule has 0 atom stereocenters. The number of hydrogen-bond acceptors (Lipinski definition) is 4. The molecule has 0 saturated heterocycles. The average Bonchev–Trinajstić information content (AvgIpc) is 2.74. The second kappa shape index (κ2) is 5.04. The van der Waals surface area contributed by atoms with Crippen molar-refractivity contribution in [1.82, 2.24) is 4.98 Å². The number of nitrogens with zero attached hydrogens (tertiary/aromatic N) is 2. The van der Waals surface area contributed by atoms with Gasteiger partial charge in [-0.1, -0.05) is 12.1 Å². The molecular formula is C12H10FN3S. The van der Waals surface area contributed by atoms with Crippen molar-refractivity contribution in [3.8, 4) is 16.5 Å². The molecule has 0 bridgehead atoms. The van der Waals surface area contributed by atoms with E-state index in [1.54, 1.807) is 12.1 Å². The van der Waals surface area contributed by atoms with Gasteiger partial charge < -0.3 is 5.73 Å². The molecule has 0 radical (unpaired) electrons. The highest BCUT2D eigenvalue weighted by molar-refractivity contribution is 7.15. The van der Waals surface area contributed by atoms with Crippen molar-refractivity contribution >= 4 is 11.3 Å². The van der Waals surface area contributed by atoms with Gasteiger partial charge in [-0.2, -0.15) is 5.26 Å². The predicted octanol–water partition coefficient (Wildman–Crippen LogP) is 2.32. The average molecular weight is 247 g/mol. The highest BCUT2D eigenvalue weighted by Crippen LogP contribution is 2.30. The van der Waals surface area contributed by atoms with Gasteiger partial charge in [0, 0.05) is 6.42 Å². The van der Waals surface area contributed by atoms with Crippen LogP contribution in [-0.4, -0.2) is 11.5 Å². The van der Waals surface area contributed by atoms with E-state index in [-0.39, 0.29) is 5.82 Å². The summed E-state index contributed by atoms with van der Waals surface area (Å²) in [6, 6.07) is 8.10. The van der Waals surface area contributed by atoms with Crippen LogP contribution in [0.5, 0.6) is 0 Å². The van der Waals surface area contributed by atoms with E-state index in [0.29, 0.717) is 18.7 Å². The Bertz CT molecular complexity index is 554. The molecular weight excluding hydrogens is 237 g/mol. The number of benzene rings is 1. The zero-order valence-corrected chi connectivity index (χ0v) is 9.80. The topological polar surface area (TPSA) is 62.7 Å². The first-order valence-corrected chi connectivity index (χ1v) is 5.92.